The van der Waals surface area contributed by atoms with Crippen LogP contribution in [0.4, 0.5) is 0 Å². The van der Waals surface area contributed by atoms with Crippen molar-refractivity contribution in [1.82, 2.24) is 8.80 Å². The van der Waals surface area contributed by atoms with E-state index in [1.807, 2.05) is 0 Å². The summed E-state index contributed by atoms with van der Waals surface area (Å²) in [6, 6.07) is 1.24. The van der Waals surface area contributed by atoms with Crippen LogP contribution in [-0.2, 0) is 0 Å². The monoisotopic (exact) mass is 410 g/mol. The van der Waals surface area contributed by atoms with Gasteiger partial charge in [-0.3, -0.25) is 0 Å². The third kappa shape index (κ3) is 10.6. The van der Waals surface area contributed by atoms with Crippen molar-refractivity contribution in [3.05, 3.63) is 0 Å². The first kappa shape index (κ1) is 24.1. The zero-order chi connectivity index (χ0) is 18.7. The Morgan fingerprint density at radius 1 is 0.609 bits per heavy atom. The van der Waals surface area contributed by atoms with E-state index in [1.54, 1.807) is 0 Å². The van der Waals surface area contributed by atoms with Crippen LogP contribution in [-0.4, -0.2) is 60.5 Å². The second-order valence-corrected chi connectivity index (χ2v) is 32.7. The van der Waals surface area contributed by atoms with E-state index in [0.717, 1.165) is 0 Å². The highest BCUT2D eigenvalue weighted by Crippen LogP contribution is 2.22. The van der Waals surface area contributed by atoms with Crippen molar-refractivity contribution >= 4 is 43.2 Å². The van der Waals surface area contributed by atoms with Crippen LogP contribution in [0, 0.1) is 0 Å². The number of rotatable bonds is 10. The highest BCUT2D eigenvalue weighted by Gasteiger charge is 2.35. The van der Waals surface area contributed by atoms with Gasteiger partial charge in [0.2, 0.25) is 0 Å². The SMILES string of the molecule is C[Si](C)(Cl)CCCN(CCN([Si](C)(C)C)[Si](C)(C)C)[Si](C)(C)C. The molecule has 0 aliphatic rings. The van der Waals surface area contributed by atoms with Crippen molar-refractivity contribution < 1.29 is 0 Å². The minimum Gasteiger partial charge on any atom is -0.345 e. The predicted octanol–water partition coefficient (Wildman–Crippen LogP) is 5.93. The van der Waals surface area contributed by atoms with E-state index in [0.29, 0.717) is 0 Å². The van der Waals surface area contributed by atoms with E-state index < -0.39 is 32.1 Å². The van der Waals surface area contributed by atoms with Crippen LogP contribution in [0.25, 0.3) is 0 Å². The largest absolute Gasteiger partial charge is 0.345 e. The maximum atomic E-state index is 6.51. The van der Waals surface area contributed by atoms with Gasteiger partial charge in [-0.15, -0.1) is 0 Å². The Hall–Kier alpha value is 1.08. The Labute approximate surface area is 156 Å². The average molecular weight is 411 g/mol. The fraction of sp³-hybridized carbons (Fsp3) is 1.00. The van der Waals surface area contributed by atoms with Crippen LogP contribution < -0.4 is 0 Å². The first-order chi connectivity index (χ1) is 9.94. The highest BCUT2D eigenvalue weighted by atomic mass is 35.6. The molecular formula is C16H43ClN2Si4. The van der Waals surface area contributed by atoms with Gasteiger partial charge in [0.25, 0.3) is 0 Å². The van der Waals surface area contributed by atoms with Gasteiger partial charge in [0.1, 0.15) is 24.7 Å². The normalized spacial score (nSPS) is 14.9. The molecular weight excluding hydrogens is 368 g/mol. The van der Waals surface area contributed by atoms with Crippen molar-refractivity contribution in [1.29, 1.82) is 0 Å². The molecule has 0 N–H and O–H groups in total. The Morgan fingerprint density at radius 2 is 1.04 bits per heavy atom. The maximum Gasteiger partial charge on any atom is 0.150 e. The van der Waals surface area contributed by atoms with Gasteiger partial charge in [-0.2, -0.15) is 11.1 Å². The lowest BCUT2D eigenvalue weighted by Crippen LogP contribution is -2.62. The fourth-order valence-electron chi connectivity index (χ4n) is 3.37. The summed E-state index contributed by atoms with van der Waals surface area (Å²) in [6.07, 6.45) is 1.27. The van der Waals surface area contributed by atoms with Crippen molar-refractivity contribution in [3.8, 4) is 0 Å². The van der Waals surface area contributed by atoms with E-state index in [1.165, 1.54) is 32.1 Å². The number of hydrogen-bond acceptors (Lipinski definition) is 2. The summed E-state index contributed by atoms with van der Waals surface area (Å²) in [5.41, 5.74) is 0. The van der Waals surface area contributed by atoms with Gasteiger partial charge in [-0.05, 0) is 25.6 Å². The molecule has 0 spiro atoms. The second-order valence-electron chi connectivity index (χ2n) is 10.5. The second kappa shape index (κ2) is 8.64. The molecule has 0 aromatic carbocycles. The molecule has 0 fully saturated rings. The standard InChI is InChI=1S/C16H43ClN2Si4/c1-20(2,3)18(13-12-16-23(10,11)17)14-15-19(21(4,5)6)22(7,8)9/h12-16H2,1-11H3. The lowest BCUT2D eigenvalue weighted by Gasteiger charge is -2.46. The van der Waals surface area contributed by atoms with Crippen molar-refractivity contribution in [3.63, 3.8) is 0 Å². The minimum absolute atomic E-state index is 1.24. The summed E-state index contributed by atoms with van der Waals surface area (Å²) >= 11 is 6.51. The van der Waals surface area contributed by atoms with Crippen molar-refractivity contribution in [2.75, 3.05) is 19.6 Å². The van der Waals surface area contributed by atoms with Gasteiger partial charge in [-0.1, -0.05) is 72.0 Å². The zero-order valence-corrected chi connectivity index (χ0v) is 22.6. The molecule has 0 amide bonds. The Morgan fingerprint density at radius 3 is 1.35 bits per heavy atom. The molecule has 140 valence electrons. The summed E-state index contributed by atoms with van der Waals surface area (Å²) < 4.78 is 5.74. The molecule has 0 aliphatic carbocycles. The van der Waals surface area contributed by atoms with Crippen molar-refractivity contribution in [2.24, 2.45) is 0 Å². The van der Waals surface area contributed by atoms with E-state index in [9.17, 15) is 0 Å². The number of hydrogen-bond donors (Lipinski definition) is 0. The van der Waals surface area contributed by atoms with Crippen LogP contribution in [0.1, 0.15) is 6.42 Å². The predicted molar refractivity (Wildman–Crippen MR) is 121 cm³/mol. The van der Waals surface area contributed by atoms with Gasteiger partial charge in [0.05, 0.1) is 0 Å². The molecule has 0 saturated carbocycles. The Kier molecular flexibility index (Phi) is 9.05. The molecule has 0 radical (unpaired) electrons. The van der Waals surface area contributed by atoms with Gasteiger partial charge in [0, 0.05) is 6.54 Å². The van der Waals surface area contributed by atoms with Crippen LogP contribution in [0.2, 0.25) is 78.1 Å². The zero-order valence-electron chi connectivity index (χ0n) is 17.8. The molecule has 0 saturated heterocycles. The third-order valence-electron chi connectivity index (χ3n) is 4.36. The Balaban J connectivity index is 4.84. The van der Waals surface area contributed by atoms with E-state index in [-0.39, 0.29) is 0 Å². The lowest BCUT2D eigenvalue weighted by molar-refractivity contribution is 0.394. The average Bonchev–Trinajstić information content (AvgIpc) is 2.19. The molecule has 0 atom stereocenters. The molecule has 2 nitrogen and oxygen atoms in total. The lowest BCUT2D eigenvalue weighted by atomic mass is 10.4. The van der Waals surface area contributed by atoms with Crippen LogP contribution in [0.15, 0.2) is 0 Å². The van der Waals surface area contributed by atoms with E-state index in [2.05, 4.69) is 80.8 Å². The van der Waals surface area contributed by atoms with Gasteiger partial charge >= 0.3 is 0 Å². The molecule has 0 heterocycles. The summed E-state index contributed by atoms with van der Waals surface area (Å²) in [5.74, 6) is 0. The minimum atomic E-state index is -1.42. The quantitative estimate of drug-likeness (QED) is 0.325. The molecule has 0 aliphatic heterocycles. The molecule has 0 bridgehead atoms. The molecule has 0 rings (SSSR count). The van der Waals surface area contributed by atoms with Crippen LogP contribution in [0.5, 0.6) is 0 Å². The maximum absolute atomic E-state index is 6.51. The highest BCUT2D eigenvalue weighted by molar-refractivity contribution is 7.19. The Bertz CT molecular complexity index is 337. The summed E-state index contributed by atoms with van der Waals surface area (Å²) in [6.45, 7) is 30.8. The summed E-state index contributed by atoms with van der Waals surface area (Å²) in [4.78, 5) is 0. The first-order valence-electron chi connectivity index (χ1n) is 9.16. The van der Waals surface area contributed by atoms with Gasteiger partial charge in [0.15, 0.2) is 7.38 Å². The van der Waals surface area contributed by atoms with Crippen LogP contribution >= 0.6 is 11.1 Å². The molecule has 0 aromatic heterocycles. The molecule has 0 aromatic rings. The molecule has 23 heavy (non-hydrogen) atoms. The van der Waals surface area contributed by atoms with E-state index >= 15 is 0 Å². The van der Waals surface area contributed by atoms with Gasteiger partial charge in [-0.25, -0.2) is 0 Å². The fourth-order valence-corrected chi connectivity index (χ4v) is 16.0. The molecule has 0 unspecified atom stereocenters. The smallest absolute Gasteiger partial charge is 0.150 e. The number of nitrogens with zero attached hydrogens (tertiary/aromatic N) is 2. The number of halogens is 1. The van der Waals surface area contributed by atoms with Crippen LogP contribution in [0.3, 0.4) is 0 Å². The first-order valence-corrected chi connectivity index (χ1v) is 23.7. The summed E-state index contributed by atoms with van der Waals surface area (Å²) in [5, 5.41) is 0. The van der Waals surface area contributed by atoms with Gasteiger partial charge < -0.3 is 8.80 Å². The molecule has 7 heteroatoms. The van der Waals surface area contributed by atoms with E-state index in [4.69, 9.17) is 11.1 Å². The third-order valence-corrected chi connectivity index (χ3v) is 16.5. The topological polar surface area (TPSA) is 6.48 Å². The van der Waals surface area contributed by atoms with Crippen molar-refractivity contribution in [2.45, 2.75) is 84.5 Å². The summed E-state index contributed by atoms with van der Waals surface area (Å²) in [7, 11) is -5.16.